The molecule has 0 aliphatic heterocycles. The van der Waals surface area contributed by atoms with Crippen LogP contribution in [0.5, 0.6) is 0 Å². The van der Waals surface area contributed by atoms with Gasteiger partial charge < -0.3 is 9.99 Å². The number of hydrogen-bond acceptors (Lipinski definition) is 3. The fraction of sp³-hybridized carbons (Fsp3) is 0.167. The number of para-hydroxylation sites is 1. The fourth-order valence-electron chi connectivity index (χ4n) is 4.33. The van der Waals surface area contributed by atoms with Crippen molar-refractivity contribution in [2.45, 2.75) is 13.3 Å². The second kappa shape index (κ2) is 6.21. The van der Waals surface area contributed by atoms with Crippen LogP contribution >= 0.6 is 0 Å². The van der Waals surface area contributed by atoms with E-state index in [0.717, 1.165) is 33.9 Å². The molecule has 2 aromatic heterocycles. The Kier molecular flexibility index (Phi) is 3.74. The van der Waals surface area contributed by atoms with Gasteiger partial charge in [0.15, 0.2) is 10.9 Å². The largest absolute Gasteiger partial charge is 0.354 e. The number of fused-ring (bicyclic) bond motifs is 4. The summed E-state index contributed by atoms with van der Waals surface area (Å²) in [6.45, 7) is 2.06. The summed E-state index contributed by atoms with van der Waals surface area (Å²) in [5.74, 6) is 0. The molecule has 1 N–H and O–H groups in total. The lowest BCUT2D eigenvalue weighted by Crippen LogP contribution is -2.28. The van der Waals surface area contributed by atoms with Gasteiger partial charge in [-0.3, -0.25) is 14.3 Å². The first-order valence-corrected chi connectivity index (χ1v) is 9.74. The van der Waals surface area contributed by atoms with Crippen LogP contribution in [0.1, 0.15) is 12.5 Å². The van der Waals surface area contributed by atoms with Crippen molar-refractivity contribution in [1.82, 2.24) is 9.66 Å². The Morgan fingerprint density at radius 1 is 0.828 bits per heavy atom. The number of pyridine rings is 2. The number of aryl methyl sites for hydroxylation is 1. The van der Waals surface area contributed by atoms with Crippen molar-refractivity contribution in [1.29, 1.82) is 0 Å². The van der Waals surface area contributed by atoms with Gasteiger partial charge in [0.05, 0.1) is 27.3 Å². The summed E-state index contributed by atoms with van der Waals surface area (Å²) in [6.07, 6.45) is 0.778. The fourth-order valence-corrected chi connectivity index (χ4v) is 4.33. The van der Waals surface area contributed by atoms with Gasteiger partial charge in [0.25, 0.3) is 0 Å². The van der Waals surface area contributed by atoms with Crippen molar-refractivity contribution in [2.75, 3.05) is 19.1 Å². The van der Waals surface area contributed by atoms with Crippen molar-refractivity contribution in [2.24, 2.45) is 0 Å². The first-order chi connectivity index (χ1) is 14.0. The number of benzene rings is 3. The highest BCUT2D eigenvalue weighted by molar-refractivity contribution is 6.03. The minimum Gasteiger partial charge on any atom is -0.354 e. The molecule has 0 atom stereocenters. The molecule has 0 bridgehead atoms. The van der Waals surface area contributed by atoms with Crippen molar-refractivity contribution < 1.29 is 0 Å². The molecule has 2 heterocycles. The maximum absolute atomic E-state index is 13.5. The number of aromatic nitrogens is 2. The van der Waals surface area contributed by atoms with Crippen molar-refractivity contribution in [3.63, 3.8) is 0 Å². The highest BCUT2D eigenvalue weighted by Crippen LogP contribution is 2.25. The number of nitrogens with zero attached hydrogens (tertiary/aromatic N) is 2. The van der Waals surface area contributed by atoms with Crippen LogP contribution in [0, 0.1) is 0 Å². The summed E-state index contributed by atoms with van der Waals surface area (Å²) in [6, 6.07) is 17.1. The Hall–Kier alpha value is -3.60. The topological polar surface area (TPSA) is 58.1 Å². The average molecular weight is 383 g/mol. The molecule has 0 aliphatic rings. The van der Waals surface area contributed by atoms with E-state index < -0.39 is 0 Å². The van der Waals surface area contributed by atoms with E-state index >= 15 is 0 Å². The molecule has 0 amide bonds. The third-order valence-corrected chi connectivity index (χ3v) is 5.66. The number of nitrogens with one attached hydrogen (secondary N) is 1. The Morgan fingerprint density at radius 2 is 1.62 bits per heavy atom. The molecule has 0 saturated carbocycles. The molecular weight excluding hydrogens is 362 g/mol. The average Bonchev–Trinajstić information content (AvgIpc) is 2.73. The lowest BCUT2D eigenvalue weighted by molar-refractivity contribution is 0.783. The van der Waals surface area contributed by atoms with E-state index in [9.17, 15) is 9.59 Å². The molecule has 0 fully saturated rings. The second-order valence-electron chi connectivity index (χ2n) is 7.57. The van der Waals surface area contributed by atoms with Crippen molar-refractivity contribution in [3.8, 4) is 0 Å². The number of hydrogen-bond donors (Lipinski definition) is 1. The molecule has 144 valence electrons. The van der Waals surface area contributed by atoms with Gasteiger partial charge in [-0.1, -0.05) is 31.2 Å². The molecule has 29 heavy (non-hydrogen) atoms. The molecule has 5 nitrogen and oxygen atoms in total. The maximum atomic E-state index is 13.5. The van der Waals surface area contributed by atoms with E-state index in [1.165, 1.54) is 0 Å². The highest BCUT2D eigenvalue weighted by Gasteiger charge is 2.17. The van der Waals surface area contributed by atoms with Crippen LogP contribution in [0.3, 0.4) is 0 Å². The minimum atomic E-state index is -0.0311. The molecule has 0 aliphatic carbocycles. The Balaban J connectivity index is 2.08. The van der Waals surface area contributed by atoms with Crippen LogP contribution in [0.15, 0.2) is 64.2 Å². The van der Waals surface area contributed by atoms with Gasteiger partial charge in [0.1, 0.15) is 0 Å². The summed E-state index contributed by atoms with van der Waals surface area (Å²) in [5, 5.41) is 4.51. The van der Waals surface area contributed by atoms with Crippen LogP contribution in [0.4, 0.5) is 0 Å². The summed E-state index contributed by atoms with van der Waals surface area (Å²) in [4.78, 5) is 30.0. The van der Waals surface area contributed by atoms with Gasteiger partial charge in [-0.15, -0.1) is 0 Å². The van der Waals surface area contributed by atoms with Crippen molar-refractivity contribution >= 4 is 43.6 Å². The van der Waals surface area contributed by atoms with E-state index in [-0.39, 0.29) is 10.9 Å². The van der Waals surface area contributed by atoms with Crippen LogP contribution in [0.25, 0.3) is 43.6 Å². The molecule has 0 unspecified atom stereocenters. The summed E-state index contributed by atoms with van der Waals surface area (Å²) in [5.41, 5.74) is 4.02. The van der Waals surface area contributed by atoms with Gasteiger partial charge in [-0.05, 0) is 42.3 Å². The predicted octanol–water partition coefficient (Wildman–Crippen LogP) is 3.91. The SMILES string of the molecule is CCc1cccc2c1c(=O)c1cc3[nH]c4ccccc4c(=O)c3cc1n2N(C)C. The van der Waals surface area contributed by atoms with Gasteiger partial charge in [-0.2, -0.15) is 0 Å². The standard InChI is InChI=1S/C24H21N3O2/c1-4-14-8-7-11-20-22(14)24(29)17-12-19-16(13-21(17)27(20)26(2)3)23(28)15-9-5-6-10-18(15)25-19/h5-13H,4H2,1-3H3,(H,25,28). The zero-order valence-electron chi connectivity index (χ0n) is 16.6. The number of rotatable bonds is 2. The Bertz CT molecular complexity index is 1560. The predicted molar refractivity (Wildman–Crippen MR) is 121 cm³/mol. The van der Waals surface area contributed by atoms with Crippen molar-refractivity contribution in [3.05, 3.63) is 80.6 Å². The van der Waals surface area contributed by atoms with Gasteiger partial charge in [0, 0.05) is 30.4 Å². The molecule has 5 aromatic rings. The first kappa shape index (κ1) is 17.5. The van der Waals surface area contributed by atoms with E-state index in [2.05, 4.69) is 11.9 Å². The smallest absolute Gasteiger partial charge is 0.197 e. The second-order valence-corrected chi connectivity index (χ2v) is 7.57. The lowest BCUT2D eigenvalue weighted by atomic mass is 10.0. The Morgan fingerprint density at radius 3 is 2.38 bits per heavy atom. The molecule has 3 aromatic carbocycles. The quantitative estimate of drug-likeness (QED) is 0.470. The molecule has 0 radical (unpaired) electrons. The molecule has 5 heteroatoms. The maximum Gasteiger partial charge on any atom is 0.197 e. The normalized spacial score (nSPS) is 11.7. The minimum absolute atomic E-state index is 0.00135. The third-order valence-electron chi connectivity index (χ3n) is 5.66. The zero-order chi connectivity index (χ0) is 20.3. The monoisotopic (exact) mass is 383 g/mol. The van der Waals surface area contributed by atoms with E-state index in [0.29, 0.717) is 21.7 Å². The highest BCUT2D eigenvalue weighted by atomic mass is 16.1. The summed E-state index contributed by atoms with van der Waals surface area (Å²) in [7, 11) is 3.88. The Labute approximate surface area is 166 Å². The van der Waals surface area contributed by atoms with Crippen LogP contribution in [-0.4, -0.2) is 23.8 Å². The molecule has 0 spiro atoms. The lowest BCUT2D eigenvalue weighted by Gasteiger charge is -2.23. The van der Waals surface area contributed by atoms with Crippen LogP contribution in [-0.2, 0) is 6.42 Å². The van der Waals surface area contributed by atoms with Crippen LogP contribution in [0.2, 0.25) is 0 Å². The number of aromatic amines is 1. The summed E-state index contributed by atoms with van der Waals surface area (Å²) < 4.78 is 2.01. The molecule has 5 rings (SSSR count). The van der Waals surface area contributed by atoms with Gasteiger partial charge in [0.2, 0.25) is 0 Å². The van der Waals surface area contributed by atoms with E-state index in [1.54, 1.807) is 0 Å². The first-order valence-electron chi connectivity index (χ1n) is 9.74. The van der Waals surface area contributed by atoms with Gasteiger partial charge in [-0.25, -0.2) is 0 Å². The van der Waals surface area contributed by atoms with E-state index in [4.69, 9.17) is 0 Å². The number of H-pyrrole nitrogens is 1. The summed E-state index contributed by atoms with van der Waals surface area (Å²) >= 11 is 0. The third kappa shape index (κ3) is 2.40. The molecular formula is C24H21N3O2. The zero-order valence-corrected chi connectivity index (χ0v) is 16.6. The van der Waals surface area contributed by atoms with E-state index in [1.807, 2.05) is 78.4 Å². The molecule has 0 saturated heterocycles. The van der Waals surface area contributed by atoms with Crippen LogP contribution < -0.4 is 15.9 Å². The van der Waals surface area contributed by atoms with Gasteiger partial charge >= 0.3 is 0 Å².